The number of carbonyl (C=O) groups is 1. The van der Waals surface area contributed by atoms with Crippen LogP contribution in [0.15, 0.2) is 0 Å². The van der Waals surface area contributed by atoms with Gasteiger partial charge in [-0.1, -0.05) is 0 Å². The molecule has 102 valence electrons. The standard InChI is InChI=1S/C6H11F2NO.C2HF3O2/c1-4(10)5-2-6(7,8)3-9-5;3-2(4,5)1(6)7/h4-5,9-10H,2-3H2,1H3;(H,6,7)/t4?,5-;/m1./s1. The van der Waals surface area contributed by atoms with Gasteiger partial charge in [-0.25, -0.2) is 13.6 Å². The average Bonchev–Trinajstić information content (AvgIpc) is 2.45. The van der Waals surface area contributed by atoms with Gasteiger partial charge in [-0.2, -0.15) is 13.2 Å². The Morgan fingerprint density at radius 1 is 1.47 bits per heavy atom. The van der Waals surface area contributed by atoms with Crippen molar-refractivity contribution in [3.63, 3.8) is 0 Å². The number of carboxylic acid groups (broad SMARTS) is 1. The largest absolute Gasteiger partial charge is 0.490 e. The van der Waals surface area contributed by atoms with Crippen LogP contribution in [0, 0.1) is 0 Å². The minimum atomic E-state index is -5.08. The van der Waals surface area contributed by atoms with E-state index >= 15 is 0 Å². The van der Waals surface area contributed by atoms with Crippen molar-refractivity contribution < 1.29 is 37.0 Å². The van der Waals surface area contributed by atoms with Crippen LogP contribution in [-0.4, -0.2) is 47.0 Å². The predicted octanol–water partition coefficient (Wildman–Crippen LogP) is 0.998. The molecule has 1 fully saturated rings. The van der Waals surface area contributed by atoms with Gasteiger partial charge in [0.1, 0.15) is 0 Å². The van der Waals surface area contributed by atoms with Gasteiger partial charge in [0.25, 0.3) is 5.92 Å². The third-order valence-corrected chi connectivity index (χ3v) is 1.97. The summed E-state index contributed by atoms with van der Waals surface area (Å²) in [5, 5.41) is 18.6. The summed E-state index contributed by atoms with van der Waals surface area (Å²) in [7, 11) is 0. The van der Waals surface area contributed by atoms with Crippen LogP contribution in [0.5, 0.6) is 0 Å². The highest BCUT2D eigenvalue weighted by atomic mass is 19.4. The number of rotatable bonds is 1. The number of aliphatic hydroxyl groups is 1. The van der Waals surface area contributed by atoms with Crippen molar-refractivity contribution in [2.75, 3.05) is 6.54 Å². The van der Waals surface area contributed by atoms with E-state index in [0.29, 0.717) is 0 Å². The first-order valence-electron chi connectivity index (χ1n) is 4.55. The molecule has 0 aromatic rings. The molecule has 0 bridgehead atoms. The van der Waals surface area contributed by atoms with Crippen LogP contribution < -0.4 is 5.32 Å². The summed E-state index contributed by atoms with van der Waals surface area (Å²) in [6.45, 7) is 1.21. The number of carboxylic acids is 1. The normalized spacial score (nSPS) is 24.8. The maximum absolute atomic E-state index is 12.4. The molecule has 4 nitrogen and oxygen atoms in total. The Morgan fingerprint density at radius 3 is 2.00 bits per heavy atom. The highest BCUT2D eigenvalue weighted by molar-refractivity contribution is 5.73. The van der Waals surface area contributed by atoms with Crippen molar-refractivity contribution in [3.05, 3.63) is 0 Å². The molecule has 0 saturated carbocycles. The smallest absolute Gasteiger partial charge is 0.475 e. The third kappa shape index (κ3) is 6.37. The molecule has 1 saturated heterocycles. The molecule has 0 amide bonds. The summed E-state index contributed by atoms with van der Waals surface area (Å²) < 4.78 is 56.5. The number of nitrogens with one attached hydrogen (secondary N) is 1. The Bertz CT molecular complexity index is 266. The highest BCUT2D eigenvalue weighted by Gasteiger charge is 2.40. The van der Waals surface area contributed by atoms with Crippen LogP contribution in [-0.2, 0) is 4.79 Å². The summed E-state index contributed by atoms with van der Waals surface area (Å²) in [4.78, 5) is 8.90. The molecule has 1 aliphatic rings. The minimum Gasteiger partial charge on any atom is -0.475 e. The van der Waals surface area contributed by atoms with E-state index in [1.807, 2.05) is 0 Å². The first-order chi connectivity index (χ1) is 7.46. The molecular weight excluding hydrogens is 253 g/mol. The molecule has 17 heavy (non-hydrogen) atoms. The molecule has 0 aromatic heterocycles. The van der Waals surface area contributed by atoms with Gasteiger partial charge in [-0.15, -0.1) is 0 Å². The summed E-state index contributed by atoms with van der Waals surface area (Å²) in [6, 6.07) is -0.435. The van der Waals surface area contributed by atoms with Gasteiger partial charge in [0.2, 0.25) is 0 Å². The fourth-order valence-corrected chi connectivity index (χ4v) is 1.09. The number of halogens is 5. The van der Waals surface area contributed by atoms with Gasteiger partial charge in [-0.05, 0) is 6.92 Å². The summed E-state index contributed by atoms with van der Waals surface area (Å²) in [5.74, 6) is -5.38. The van der Waals surface area contributed by atoms with E-state index in [2.05, 4.69) is 5.32 Å². The van der Waals surface area contributed by atoms with E-state index in [1.54, 1.807) is 0 Å². The van der Waals surface area contributed by atoms with E-state index in [9.17, 15) is 22.0 Å². The molecule has 1 unspecified atom stereocenters. The molecule has 0 aliphatic carbocycles. The molecule has 1 rings (SSSR count). The second-order valence-electron chi connectivity index (χ2n) is 3.59. The number of hydrogen-bond donors (Lipinski definition) is 3. The molecule has 9 heteroatoms. The van der Waals surface area contributed by atoms with Gasteiger partial charge >= 0.3 is 12.1 Å². The number of hydrogen-bond acceptors (Lipinski definition) is 3. The highest BCUT2D eigenvalue weighted by Crippen LogP contribution is 2.26. The maximum atomic E-state index is 12.4. The lowest BCUT2D eigenvalue weighted by Gasteiger charge is -2.12. The van der Waals surface area contributed by atoms with E-state index in [0.717, 1.165) is 0 Å². The Kier molecular flexibility index (Phi) is 5.27. The Labute approximate surface area is 93.4 Å². The van der Waals surface area contributed by atoms with Crippen molar-refractivity contribution in [3.8, 4) is 0 Å². The molecule has 1 heterocycles. The van der Waals surface area contributed by atoms with Gasteiger partial charge < -0.3 is 15.5 Å². The Hall–Kier alpha value is -0.960. The van der Waals surface area contributed by atoms with Gasteiger partial charge in [0.05, 0.1) is 12.6 Å². The zero-order valence-corrected chi connectivity index (χ0v) is 8.76. The zero-order chi connectivity index (χ0) is 13.9. The van der Waals surface area contributed by atoms with Crippen molar-refractivity contribution in [2.24, 2.45) is 0 Å². The fourth-order valence-electron chi connectivity index (χ4n) is 1.09. The van der Waals surface area contributed by atoms with Crippen LogP contribution in [0.4, 0.5) is 22.0 Å². The molecule has 0 radical (unpaired) electrons. The number of alkyl halides is 5. The molecule has 0 aromatic carbocycles. The Morgan fingerprint density at radius 2 is 1.88 bits per heavy atom. The number of aliphatic carboxylic acids is 1. The first-order valence-corrected chi connectivity index (χ1v) is 4.55. The van der Waals surface area contributed by atoms with Crippen LogP contribution >= 0.6 is 0 Å². The quantitative estimate of drug-likeness (QED) is 0.619. The first kappa shape index (κ1) is 16.0. The van der Waals surface area contributed by atoms with Crippen LogP contribution in [0.1, 0.15) is 13.3 Å². The van der Waals surface area contributed by atoms with Crippen molar-refractivity contribution in [2.45, 2.75) is 37.6 Å². The summed E-state index contributed by atoms with van der Waals surface area (Å²) in [6.07, 6.45) is -6.02. The summed E-state index contributed by atoms with van der Waals surface area (Å²) in [5.41, 5.74) is 0. The minimum absolute atomic E-state index is 0.245. The van der Waals surface area contributed by atoms with E-state index in [-0.39, 0.29) is 13.0 Å². The van der Waals surface area contributed by atoms with Crippen molar-refractivity contribution in [1.82, 2.24) is 5.32 Å². The molecular formula is C8H12F5NO3. The van der Waals surface area contributed by atoms with Gasteiger partial charge in [0, 0.05) is 12.5 Å². The zero-order valence-electron chi connectivity index (χ0n) is 8.76. The SMILES string of the molecule is CC(O)[C@H]1CC(F)(F)CN1.O=C(O)C(F)(F)F. The lowest BCUT2D eigenvalue weighted by molar-refractivity contribution is -0.192. The Balaban J connectivity index is 0.000000325. The molecule has 0 spiro atoms. The molecule has 2 atom stereocenters. The van der Waals surface area contributed by atoms with Crippen LogP contribution in [0.2, 0.25) is 0 Å². The monoisotopic (exact) mass is 265 g/mol. The fraction of sp³-hybridized carbons (Fsp3) is 0.875. The summed E-state index contributed by atoms with van der Waals surface area (Å²) >= 11 is 0. The van der Waals surface area contributed by atoms with Crippen molar-refractivity contribution >= 4 is 5.97 Å². The molecule has 1 aliphatic heterocycles. The number of aliphatic hydroxyl groups excluding tert-OH is 1. The topological polar surface area (TPSA) is 69.6 Å². The second-order valence-corrected chi connectivity index (χ2v) is 3.59. The van der Waals surface area contributed by atoms with E-state index in [4.69, 9.17) is 15.0 Å². The lowest BCUT2D eigenvalue weighted by atomic mass is 10.1. The average molecular weight is 265 g/mol. The van der Waals surface area contributed by atoms with Gasteiger partial charge in [0.15, 0.2) is 0 Å². The van der Waals surface area contributed by atoms with Crippen molar-refractivity contribution in [1.29, 1.82) is 0 Å². The third-order valence-electron chi connectivity index (χ3n) is 1.97. The second kappa shape index (κ2) is 5.58. The van der Waals surface area contributed by atoms with Crippen LogP contribution in [0.25, 0.3) is 0 Å². The lowest BCUT2D eigenvalue weighted by Crippen LogP contribution is -2.32. The van der Waals surface area contributed by atoms with E-state index in [1.165, 1.54) is 6.92 Å². The van der Waals surface area contributed by atoms with Crippen LogP contribution in [0.3, 0.4) is 0 Å². The maximum Gasteiger partial charge on any atom is 0.490 e. The van der Waals surface area contributed by atoms with Gasteiger partial charge in [-0.3, -0.25) is 0 Å². The predicted molar refractivity (Wildman–Crippen MR) is 46.7 cm³/mol. The molecule has 3 N–H and O–H groups in total. The van der Waals surface area contributed by atoms with E-state index < -0.39 is 30.2 Å².